The van der Waals surface area contributed by atoms with Crippen LogP contribution in [0.1, 0.15) is 16.1 Å². The summed E-state index contributed by atoms with van der Waals surface area (Å²) in [7, 11) is -2.28. The van der Waals surface area contributed by atoms with Gasteiger partial charge in [0, 0.05) is 28.4 Å². The molecule has 2 heterocycles. The lowest BCUT2D eigenvalue weighted by Crippen LogP contribution is -2.17. The zero-order valence-corrected chi connectivity index (χ0v) is 19.8. The molecule has 1 aromatic heterocycles. The lowest BCUT2D eigenvalue weighted by atomic mass is 10.1. The van der Waals surface area contributed by atoms with E-state index < -0.39 is 15.9 Å². The van der Waals surface area contributed by atoms with Crippen molar-refractivity contribution in [2.45, 2.75) is 11.8 Å². The van der Waals surface area contributed by atoms with E-state index in [0.717, 1.165) is 5.39 Å². The quantitative estimate of drug-likeness (QED) is 0.403. The summed E-state index contributed by atoms with van der Waals surface area (Å²) in [6, 6.07) is 16.1. The predicted molar refractivity (Wildman–Crippen MR) is 130 cm³/mol. The first-order valence-electron chi connectivity index (χ1n) is 10.7. The summed E-state index contributed by atoms with van der Waals surface area (Å²) >= 11 is 0. The molecule has 0 saturated heterocycles. The third-order valence-electron chi connectivity index (χ3n) is 5.57. The molecule has 5 rings (SSSR count). The van der Waals surface area contributed by atoms with Crippen molar-refractivity contribution in [3.05, 3.63) is 72.0 Å². The topological polar surface area (TPSA) is 116 Å². The van der Waals surface area contributed by atoms with Gasteiger partial charge in [-0.3, -0.25) is 9.52 Å². The number of amides is 1. The highest BCUT2D eigenvalue weighted by atomic mass is 32.2. The normalized spacial score (nSPS) is 12.9. The van der Waals surface area contributed by atoms with Gasteiger partial charge in [-0.2, -0.15) is 0 Å². The first-order valence-corrected chi connectivity index (χ1v) is 12.2. The highest BCUT2D eigenvalue weighted by molar-refractivity contribution is 7.92. The van der Waals surface area contributed by atoms with Crippen LogP contribution in [0.3, 0.4) is 0 Å². The Bertz CT molecular complexity index is 1530. The zero-order chi connectivity index (χ0) is 24.6. The van der Waals surface area contributed by atoms with Gasteiger partial charge >= 0.3 is 0 Å². The Morgan fingerprint density at radius 2 is 1.63 bits per heavy atom. The molecule has 4 aromatic rings. The summed E-state index contributed by atoms with van der Waals surface area (Å²) in [5, 5.41) is 3.56. The van der Waals surface area contributed by atoms with Crippen molar-refractivity contribution in [3.8, 4) is 17.2 Å². The Morgan fingerprint density at radius 3 is 2.37 bits per heavy atom. The molecule has 1 aliphatic heterocycles. The first-order chi connectivity index (χ1) is 16.8. The number of furan rings is 1. The van der Waals surface area contributed by atoms with Crippen LogP contribution in [-0.4, -0.2) is 34.6 Å². The summed E-state index contributed by atoms with van der Waals surface area (Å²) in [4.78, 5) is 12.9. The van der Waals surface area contributed by atoms with Crippen LogP contribution in [0.15, 0.2) is 70.0 Å². The number of rotatable bonds is 6. The van der Waals surface area contributed by atoms with E-state index in [-0.39, 0.29) is 10.7 Å². The molecule has 0 bridgehead atoms. The van der Waals surface area contributed by atoms with Gasteiger partial charge in [0.2, 0.25) is 0 Å². The fourth-order valence-electron chi connectivity index (χ4n) is 3.76. The van der Waals surface area contributed by atoms with E-state index in [9.17, 15) is 13.2 Å². The minimum atomic E-state index is -3.85. The van der Waals surface area contributed by atoms with Crippen LogP contribution in [0, 0.1) is 6.92 Å². The van der Waals surface area contributed by atoms with Crippen molar-refractivity contribution in [2.24, 2.45) is 0 Å². The monoisotopic (exact) mass is 494 g/mol. The third kappa shape index (κ3) is 4.47. The molecular weight excluding hydrogens is 472 g/mol. The molecule has 0 saturated carbocycles. The van der Waals surface area contributed by atoms with Crippen molar-refractivity contribution in [2.75, 3.05) is 30.4 Å². The van der Waals surface area contributed by atoms with Crippen LogP contribution in [0.25, 0.3) is 11.0 Å². The molecule has 180 valence electrons. The SMILES string of the molecule is COc1ccc2oc(C(=O)Nc3ccc(NS(=O)(=O)c4ccc5c(c4)OCCO5)cc3)c(C)c2c1. The largest absolute Gasteiger partial charge is 0.497 e. The van der Waals surface area contributed by atoms with Crippen molar-refractivity contribution in [3.63, 3.8) is 0 Å². The third-order valence-corrected chi connectivity index (χ3v) is 6.95. The van der Waals surface area contributed by atoms with Crippen molar-refractivity contribution < 1.29 is 31.8 Å². The summed E-state index contributed by atoms with van der Waals surface area (Å²) < 4.78 is 50.0. The van der Waals surface area contributed by atoms with Crippen LogP contribution in [0.4, 0.5) is 11.4 Å². The Labute approximate surface area is 201 Å². The van der Waals surface area contributed by atoms with E-state index in [1.54, 1.807) is 56.5 Å². The van der Waals surface area contributed by atoms with Gasteiger partial charge in [-0.05, 0) is 61.5 Å². The Kier molecular flexibility index (Phi) is 5.73. The highest BCUT2D eigenvalue weighted by Gasteiger charge is 2.21. The Morgan fingerprint density at radius 1 is 0.914 bits per heavy atom. The maximum Gasteiger partial charge on any atom is 0.291 e. The Balaban J connectivity index is 1.30. The van der Waals surface area contributed by atoms with E-state index >= 15 is 0 Å². The predicted octanol–water partition coefficient (Wildman–Crippen LogP) is 4.57. The fourth-order valence-corrected chi connectivity index (χ4v) is 4.83. The number of anilines is 2. The molecule has 1 amide bonds. The van der Waals surface area contributed by atoms with Gasteiger partial charge in [-0.1, -0.05) is 0 Å². The lowest BCUT2D eigenvalue weighted by molar-refractivity contribution is 0.0998. The van der Waals surface area contributed by atoms with Gasteiger partial charge in [0.25, 0.3) is 15.9 Å². The van der Waals surface area contributed by atoms with E-state index in [0.29, 0.717) is 53.0 Å². The molecule has 35 heavy (non-hydrogen) atoms. The maximum absolute atomic E-state index is 12.8. The molecular formula is C25H22N2O7S. The molecule has 0 spiro atoms. The minimum Gasteiger partial charge on any atom is -0.497 e. The zero-order valence-electron chi connectivity index (χ0n) is 19.0. The number of fused-ring (bicyclic) bond motifs is 2. The molecule has 0 unspecified atom stereocenters. The molecule has 1 aliphatic rings. The lowest BCUT2D eigenvalue weighted by Gasteiger charge is -2.19. The van der Waals surface area contributed by atoms with Crippen LogP contribution in [0.5, 0.6) is 17.2 Å². The Hall–Kier alpha value is -4.18. The number of carbonyl (C=O) groups is 1. The van der Waals surface area contributed by atoms with Gasteiger partial charge in [-0.15, -0.1) is 0 Å². The van der Waals surface area contributed by atoms with Crippen LogP contribution >= 0.6 is 0 Å². The number of carbonyl (C=O) groups excluding carboxylic acids is 1. The number of ether oxygens (including phenoxy) is 3. The van der Waals surface area contributed by atoms with Crippen molar-refractivity contribution >= 4 is 38.3 Å². The number of hydrogen-bond donors (Lipinski definition) is 2. The summed E-state index contributed by atoms with van der Waals surface area (Å²) in [6.45, 7) is 2.58. The van der Waals surface area contributed by atoms with E-state index in [1.165, 1.54) is 12.1 Å². The highest BCUT2D eigenvalue weighted by Crippen LogP contribution is 2.33. The number of nitrogens with one attached hydrogen (secondary N) is 2. The van der Waals surface area contributed by atoms with Crippen LogP contribution in [-0.2, 0) is 10.0 Å². The van der Waals surface area contributed by atoms with Gasteiger partial charge in [-0.25, -0.2) is 8.42 Å². The van der Waals surface area contributed by atoms with E-state index in [1.807, 2.05) is 6.07 Å². The molecule has 0 radical (unpaired) electrons. The second kappa shape index (κ2) is 8.88. The first kappa shape index (κ1) is 22.6. The number of hydrogen-bond acceptors (Lipinski definition) is 7. The van der Waals surface area contributed by atoms with Gasteiger partial charge < -0.3 is 23.9 Å². The maximum atomic E-state index is 12.8. The summed E-state index contributed by atoms with van der Waals surface area (Å²) in [5.41, 5.74) is 2.09. The average molecular weight is 495 g/mol. The molecule has 2 N–H and O–H groups in total. The second-order valence-corrected chi connectivity index (χ2v) is 9.54. The number of aryl methyl sites for hydroxylation is 1. The average Bonchev–Trinajstić information content (AvgIpc) is 3.20. The molecule has 0 fully saturated rings. The van der Waals surface area contributed by atoms with E-state index in [4.69, 9.17) is 18.6 Å². The van der Waals surface area contributed by atoms with Gasteiger partial charge in [0.15, 0.2) is 17.3 Å². The minimum absolute atomic E-state index is 0.0520. The standard InChI is InChI=1S/C25H22N2O7S/c1-15-20-13-18(31-2)7-9-21(20)34-24(15)25(28)26-16-3-5-17(6-4-16)27-35(29,30)19-8-10-22-23(14-19)33-12-11-32-22/h3-10,13-14,27H,11-12H2,1-2H3,(H,26,28). The van der Waals surface area contributed by atoms with Gasteiger partial charge in [0.1, 0.15) is 24.5 Å². The smallest absolute Gasteiger partial charge is 0.291 e. The molecule has 3 aromatic carbocycles. The van der Waals surface area contributed by atoms with E-state index in [2.05, 4.69) is 10.0 Å². The molecule has 0 atom stereocenters. The number of methoxy groups -OCH3 is 1. The van der Waals surface area contributed by atoms with Gasteiger partial charge in [0.05, 0.1) is 12.0 Å². The summed E-state index contributed by atoms with van der Waals surface area (Å²) in [5.74, 6) is 1.34. The fraction of sp³-hybridized carbons (Fsp3) is 0.160. The molecule has 9 nitrogen and oxygen atoms in total. The van der Waals surface area contributed by atoms with Crippen LogP contribution in [0.2, 0.25) is 0 Å². The molecule has 10 heteroatoms. The number of benzene rings is 3. The number of sulfonamides is 1. The van der Waals surface area contributed by atoms with Crippen molar-refractivity contribution in [1.29, 1.82) is 0 Å². The summed E-state index contributed by atoms with van der Waals surface area (Å²) in [6.07, 6.45) is 0. The molecule has 0 aliphatic carbocycles. The second-order valence-electron chi connectivity index (χ2n) is 7.86. The van der Waals surface area contributed by atoms with Crippen LogP contribution < -0.4 is 24.2 Å². The van der Waals surface area contributed by atoms with Crippen molar-refractivity contribution in [1.82, 2.24) is 0 Å².